The van der Waals surface area contributed by atoms with E-state index in [-0.39, 0.29) is 23.2 Å². The Kier molecular flexibility index (Phi) is 7.80. The quantitative estimate of drug-likeness (QED) is 0.310. The van der Waals surface area contributed by atoms with Crippen molar-refractivity contribution in [2.75, 3.05) is 62.0 Å². The Bertz CT molecular complexity index is 1500. The van der Waals surface area contributed by atoms with Gasteiger partial charge in [-0.1, -0.05) is 18.7 Å². The standard InChI is InChI=1S/C28H29F2N7O2/c1-3-24(38)32-20-6-4-5-19(17-20)21-9-10-37-18-31-28(34-27(21)37)33-22-7-8-23(26(30)25(22)29)36-13-11-35(12-14-36)15-16-39-2/h3-10,17-18H,1,11-16H2,2H3,(H,32,38)(H,33,34). The molecule has 0 atom stereocenters. The van der Waals surface area contributed by atoms with Crippen molar-refractivity contribution >= 4 is 34.6 Å². The number of nitrogens with one attached hydrogen (secondary N) is 2. The van der Waals surface area contributed by atoms with Gasteiger partial charge in [0.25, 0.3) is 0 Å². The molecule has 2 aromatic carbocycles. The van der Waals surface area contributed by atoms with E-state index in [4.69, 9.17) is 4.74 Å². The molecule has 9 nitrogen and oxygen atoms in total. The van der Waals surface area contributed by atoms with E-state index in [2.05, 4.69) is 32.1 Å². The van der Waals surface area contributed by atoms with Gasteiger partial charge in [-0.05, 0) is 42.0 Å². The molecule has 0 bridgehead atoms. The number of carbonyl (C=O) groups is 1. The first-order valence-electron chi connectivity index (χ1n) is 12.6. The second-order valence-corrected chi connectivity index (χ2v) is 9.12. The van der Waals surface area contributed by atoms with Gasteiger partial charge in [-0.3, -0.25) is 14.1 Å². The fraction of sp³-hybridized carbons (Fsp3) is 0.250. The lowest BCUT2D eigenvalue weighted by molar-refractivity contribution is -0.111. The zero-order chi connectivity index (χ0) is 27.4. The number of ether oxygens (including phenoxy) is 1. The number of methoxy groups -OCH3 is 1. The molecule has 0 radical (unpaired) electrons. The Morgan fingerprint density at radius 3 is 2.72 bits per heavy atom. The van der Waals surface area contributed by atoms with Gasteiger partial charge in [0.2, 0.25) is 11.9 Å². The zero-order valence-corrected chi connectivity index (χ0v) is 21.5. The highest BCUT2D eigenvalue weighted by molar-refractivity contribution is 5.99. The summed E-state index contributed by atoms with van der Waals surface area (Å²) in [4.78, 5) is 24.6. The largest absolute Gasteiger partial charge is 0.383 e. The van der Waals surface area contributed by atoms with Crippen LogP contribution in [0, 0.1) is 11.6 Å². The summed E-state index contributed by atoms with van der Waals surface area (Å²) in [5.74, 6) is -2.09. The molecule has 2 aromatic heterocycles. The molecular formula is C28H29F2N7O2. The normalized spacial score (nSPS) is 14.0. The van der Waals surface area contributed by atoms with Crippen LogP contribution in [0.4, 0.5) is 31.8 Å². The maximum atomic E-state index is 15.1. The lowest BCUT2D eigenvalue weighted by atomic mass is 10.1. The first-order chi connectivity index (χ1) is 19.0. The topological polar surface area (TPSA) is 87.0 Å². The van der Waals surface area contributed by atoms with E-state index in [1.54, 1.807) is 36.2 Å². The van der Waals surface area contributed by atoms with E-state index in [1.807, 2.05) is 29.2 Å². The molecule has 3 heterocycles. The average molecular weight is 534 g/mol. The van der Waals surface area contributed by atoms with E-state index in [0.717, 1.165) is 30.8 Å². The lowest BCUT2D eigenvalue weighted by Crippen LogP contribution is -2.47. The summed E-state index contributed by atoms with van der Waals surface area (Å²) in [5, 5.41) is 5.56. The van der Waals surface area contributed by atoms with Gasteiger partial charge in [0.1, 0.15) is 12.0 Å². The molecule has 1 aliphatic heterocycles. The Balaban J connectivity index is 1.35. The SMILES string of the molecule is C=CC(=O)Nc1cccc(-c2ccn3cnc(Nc4ccc(N5CCN(CCOC)CC5)c(F)c4F)nc23)c1. The van der Waals surface area contributed by atoms with Gasteiger partial charge in [-0.15, -0.1) is 0 Å². The van der Waals surface area contributed by atoms with Crippen molar-refractivity contribution < 1.29 is 18.3 Å². The molecule has 2 N–H and O–H groups in total. The number of benzene rings is 2. The minimum atomic E-state index is -0.987. The monoisotopic (exact) mass is 533 g/mol. The molecule has 11 heteroatoms. The van der Waals surface area contributed by atoms with Crippen molar-refractivity contribution in [2.24, 2.45) is 0 Å². The van der Waals surface area contributed by atoms with E-state index < -0.39 is 11.6 Å². The van der Waals surface area contributed by atoms with E-state index >= 15 is 8.78 Å². The van der Waals surface area contributed by atoms with E-state index in [9.17, 15) is 4.79 Å². The summed E-state index contributed by atoms with van der Waals surface area (Å²) in [6.45, 7) is 7.63. The second-order valence-electron chi connectivity index (χ2n) is 9.12. The predicted molar refractivity (Wildman–Crippen MR) is 147 cm³/mol. The van der Waals surface area contributed by atoms with Gasteiger partial charge < -0.3 is 20.3 Å². The number of halogens is 2. The number of fused-ring (bicyclic) bond motifs is 1. The van der Waals surface area contributed by atoms with Gasteiger partial charge >= 0.3 is 0 Å². The number of amides is 1. The second kappa shape index (κ2) is 11.6. The number of carbonyl (C=O) groups excluding carboxylic acids is 1. The fourth-order valence-corrected chi connectivity index (χ4v) is 4.57. The van der Waals surface area contributed by atoms with Crippen LogP contribution < -0.4 is 15.5 Å². The highest BCUT2D eigenvalue weighted by Gasteiger charge is 2.23. The molecule has 1 aliphatic rings. The molecule has 0 saturated carbocycles. The van der Waals surface area contributed by atoms with E-state index in [0.29, 0.717) is 31.0 Å². The van der Waals surface area contributed by atoms with Crippen molar-refractivity contribution in [3.63, 3.8) is 0 Å². The molecular weight excluding hydrogens is 504 g/mol. The van der Waals surface area contributed by atoms with Gasteiger partial charge in [-0.25, -0.2) is 13.8 Å². The number of anilines is 4. The summed E-state index contributed by atoms with van der Waals surface area (Å²) in [6.07, 6.45) is 4.54. The summed E-state index contributed by atoms with van der Waals surface area (Å²) < 4.78 is 37.1. The van der Waals surface area contributed by atoms with Crippen LogP contribution >= 0.6 is 0 Å². The van der Waals surface area contributed by atoms with Crippen LogP contribution in [0.2, 0.25) is 0 Å². The third-order valence-electron chi connectivity index (χ3n) is 6.66. The van der Waals surface area contributed by atoms with Gasteiger partial charge in [-0.2, -0.15) is 4.98 Å². The summed E-state index contributed by atoms with van der Waals surface area (Å²) in [6, 6.07) is 12.2. The number of hydrogen-bond donors (Lipinski definition) is 2. The van der Waals surface area contributed by atoms with Crippen molar-refractivity contribution in [1.29, 1.82) is 0 Å². The van der Waals surface area contributed by atoms with E-state index in [1.165, 1.54) is 12.1 Å². The maximum absolute atomic E-state index is 15.1. The third kappa shape index (κ3) is 5.74. The van der Waals surface area contributed by atoms with Crippen molar-refractivity contribution in [3.05, 3.63) is 79.3 Å². The van der Waals surface area contributed by atoms with Crippen LogP contribution in [0.15, 0.2) is 67.6 Å². The molecule has 202 valence electrons. The third-order valence-corrected chi connectivity index (χ3v) is 6.66. The lowest BCUT2D eigenvalue weighted by Gasteiger charge is -2.36. The molecule has 5 rings (SSSR count). The van der Waals surface area contributed by atoms with Crippen LogP contribution in [-0.4, -0.2) is 71.6 Å². The molecule has 4 aromatic rings. The van der Waals surface area contributed by atoms with Crippen molar-refractivity contribution in [2.45, 2.75) is 0 Å². The van der Waals surface area contributed by atoms with Crippen LogP contribution in [0.3, 0.4) is 0 Å². The van der Waals surface area contributed by atoms with Crippen molar-refractivity contribution in [3.8, 4) is 11.1 Å². The number of hydrogen-bond acceptors (Lipinski definition) is 7. The predicted octanol–water partition coefficient (Wildman–Crippen LogP) is 4.31. The number of nitrogens with zero attached hydrogens (tertiary/aromatic N) is 5. The average Bonchev–Trinajstić information content (AvgIpc) is 3.38. The molecule has 1 saturated heterocycles. The fourth-order valence-electron chi connectivity index (χ4n) is 4.57. The number of aromatic nitrogens is 3. The highest BCUT2D eigenvalue weighted by atomic mass is 19.2. The molecule has 1 amide bonds. The minimum absolute atomic E-state index is 0.0541. The molecule has 0 spiro atoms. The van der Waals surface area contributed by atoms with Crippen LogP contribution in [0.1, 0.15) is 0 Å². The summed E-state index contributed by atoms with van der Waals surface area (Å²) in [7, 11) is 1.66. The Hall–Kier alpha value is -4.35. The first kappa shape index (κ1) is 26.3. The summed E-state index contributed by atoms with van der Waals surface area (Å²) in [5.41, 5.74) is 2.94. The maximum Gasteiger partial charge on any atom is 0.247 e. The Morgan fingerprint density at radius 2 is 1.95 bits per heavy atom. The number of rotatable bonds is 9. The van der Waals surface area contributed by atoms with Gasteiger partial charge in [0, 0.05) is 57.3 Å². The van der Waals surface area contributed by atoms with Crippen LogP contribution in [0.5, 0.6) is 0 Å². The van der Waals surface area contributed by atoms with Crippen LogP contribution in [-0.2, 0) is 9.53 Å². The summed E-state index contributed by atoms with van der Waals surface area (Å²) >= 11 is 0. The minimum Gasteiger partial charge on any atom is -0.383 e. The smallest absolute Gasteiger partial charge is 0.247 e. The first-order valence-corrected chi connectivity index (χ1v) is 12.6. The van der Waals surface area contributed by atoms with Gasteiger partial charge in [0.05, 0.1) is 18.0 Å². The zero-order valence-electron chi connectivity index (χ0n) is 21.5. The van der Waals surface area contributed by atoms with Crippen molar-refractivity contribution in [1.82, 2.24) is 19.3 Å². The molecule has 0 unspecified atom stereocenters. The number of piperazine rings is 1. The Morgan fingerprint density at radius 1 is 1.13 bits per heavy atom. The highest BCUT2D eigenvalue weighted by Crippen LogP contribution is 2.31. The van der Waals surface area contributed by atoms with Crippen LogP contribution in [0.25, 0.3) is 16.8 Å². The molecule has 1 fully saturated rings. The van der Waals surface area contributed by atoms with Gasteiger partial charge in [0.15, 0.2) is 11.6 Å². The molecule has 0 aliphatic carbocycles. The Labute approximate surface area is 224 Å². The molecule has 39 heavy (non-hydrogen) atoms.